The van der Waals surface area contributed by atoms with Gasteiger partial charge in [0.2, 0.25) is 5.91 Å². The molecule has 0 aromatic heterocycles. The largest absolute Gasteiger partial charge is 0.339 e. The minimum Gasteiger partial charge on any atom is -0.339 e. The first-order valence-electron chi connectivity index (χ1n) is 4.06. The van der Waals surface area contributed by atoms with E-state index >= 15 is 0 Å². The molecule has 62 valence electrons. The van der Waals surface area contributed by atoms with Crippen molar-refractivity contribution in [3.63, 3.8) is 0 Å². The van der Waals surface area contributed by atoms with Gasteiger partial charge in [-0.15, -0.1) is 0 Å². The maximum absolute atomic E-state index is 11.4. The number of nitrogens with one attached hydrogen (secondary N) is 1. The summed E-state index contributed by atoms with van der Waals surface area (Å²) in [6.07, 6.45) is 1.03. The van der Waals surface area contributed by atoms with Gasteiger partial charge in [0.05, 0.1) is 6.04 Å². The quantitative estimate of drug-likeness (QED) is 0.511. The third-order valence-electron chi connectivity index (χ3n) is 2.41. The maximum atomic E-state index is 11.4. The Balaban J connectivity index is 1.96. The van der Waals surface area contributed by atoms with Gasteiger partial charge in [0.25, 0.3) is 0 Å². The van der Waals surface area contributed by atoms with Crippen molar-refractivity contribution < 1.29 is 4.79 Å². The van der Waals surface area contributed by atoms with Crippen molar-refractivity contribution in [2.24, 2.45) is 5.73 Å². The molecule has 3 rings (SSSR count). The van der Waals surface area contributed by atoms with Gasteiger partial charge in [-0.25, -0.2) is 0 Å². The molecule has 3 heterocycles. The summed E-state index contributed by atoms with van der Waals surface area (Å²) in [4.78, 5) is 13.2. The average Bonchev–Trinajstić information content (AvgIpc) is 1.90. The lowest BCUT2D eigenvalue weighted by Crippen LogP contribution is -2.70. The molecule has 0 aliphatic carbocycles. The van der Waals surface area contributed by atoms with E-state index in [9.17, 15) is 4.79 Å². The Hall–Kier alpha value is -0.610. The maximum Gasteiger partial charge on any atom is 0.239 e. The number of piperidine rings is 1. The van der Waals surface area contributed by atoms with Crippen molar-refractivity contribution in [2.45, 2.75) is 18.5 Å². The second-order valence-electron chi connectivity index (χ2n) is 3.22. The number of hydrogen-bond donors (Lipinski definition) is 2. The second-order valence-corrected chi connectivity index (χ2v) is 3.22. The summed E-state index contributed by atoms with van der Waals surface area (Å²) in [5.41, 5.74) is 5.37. The molecule has 3 N–H and O–H groups in total. The molecule has 2 unspecified atom stereocenters. The summed E-state index contributed by atoms with van der Waals surface area (Å²) in [7, 11) is 0. The molecular weight excluding hydrogens is 142 g/mol. The smallest absolute Gasteiger partial charge is 0.239 e. The summed E-state index contributed by atoms with van der Waals surface area (Å²) in [5.74, 6) is 0.234. The second kappa shape index (κ2) is 2.46. The van der Waals surface area contributed by atoms with E-state index in [4.69, 9.17) is 5.73 Å². The highest BCUT2D eigenvalue weighted by Crippen LogP contribution is 2.21. The van der Waals surface area contributed by atoms with E-state index in [0.717, 1.165) is 13.0 Å². The van der Waals surface area contributed by atoms with Crippen LogP contribution in [0.1, 0.15) is 6.42 Å². The Labute approximate surface area is 65.7 Å². The number of fused-ring (bicyclic) bond motifs is 2. The van der Waals surface area contributed by atoms with Crippen LogP contribution in [0.3, 0.4) is 0 Å². The fourth-order valence-electron chi connectivity index (χ4n) is 1.78. The SMILES string of the molecule is NCCN1CC2CC(N2)C1=O. The zero-order chi connectivity index (χ0) is 7.84. The van der Waals surface area contributed by atoms with Gasteiger partial charge in [-0.1, -0.05) is 0 Å². The van der Waals surface area contributed by atoms with Gasteiger partial charge in [-0.3, -0.25) is 4.79 Å². The van der Waals surface area contributed by atoms with Crippen molar-refractivity contribution >= 4 is 5.91 Å². The highest BCUT2D eigenvalue weighted by Gasteiger charge is 2.42. The molecule has 3 fully saturated rings. The van der Waals surface area contributed by atoms with Crippen LogP contribution in [-0.2, 0) is 4.79 Å². The predicted molar refractivity (Wildman–Crippen MR) is 41.0 cm³/mol. The normalized spacial score (nSPS) is 35.4. The lowest BCUT2D eigenvalue weighted by molar-refractivity contribution is -0.142. The predicted octanol–water partition coefficient (Wildman–Crippen LogP) is -1.48. The van der Waals surface area contributed by atoms with Crippen LogP contribution in [0.2, 0.25) is 0 Å². The fraction of sp³-hybridized carbons (Fsp3) is 0.857. The molecule has 3 aliphatic heterocycles. The summed E-state index contributed by atoms with van der Waals surface area (Å²) in [6, 6.07) is 0.657. The molecule has 4 heteroatoms. The first-order valence-corrected chi connectivity index (χ1v) is 4.06. The average molecular weight is 155 g/mol. The number of hydrogen-bond acceptors (Lipinski definition) is 3. The van der Waals surface area contributed by atoms with Gasteiger partial charge in [-0.2, -0.15) is 0 Å². The Bertz CT molecular complexity index is 177. The minimum atomic E-state index is 0.111. The van der Waals surface area contributed by atoms with Gasteiger partial charge in [-0.05, 0) is 6.42 Å². The standard InChI is InChI=1S/C7H13N3O/c8-1-2-10-4-5-3-6(9-5)7(10)11/h5-6,9H,1-4,8H2. The van der Waals surface area contributed by atoms with Gasteiger partial charge < -0.3 is 16.0 Å². The summed E-state index contributed by atoms with van der Waals surface area (Å²) < 4.78 is 0. The van der Waals surface area contributed by atoms with Crippen LogP contribution < -0.4 is 11.1 Å². The van der Waals surface area contributed by atoms with Gasteiger partial charge in [0.15, 0.2) is 0 Å². The summed E-state index contributed by atoms with van der Waals surface area (Å²) in [5, 5.41) is 3.19. The highest BCUT2D eigenvalue weighted by molar-refractivity contribution is 5.84. The summed E-state index contributed by atoms with van der Waals surface area (Å²) in [6.45, 7) is 2.14. The Morgan fingerprint density at radius 3 is 3.00 bits per heavy atom. The molecule has 1 amide bonds. The molecule has 3 aliphatic rings. The molecule has 0 radical (unpaired) electrons. The zero-order valence-corrected chi connectivity index (χ0v) is 6.42. The van der Waals surface area contributed by atoms with Crippen molar-refractivity contribution in [3.05, 3.63) is 0 Å². The molecule has 2 atom stereocenters. The number of piperazine rings is 1. The van der Waals surface area contributed by atoms with Gasteiger partial charge >= 0.3 is 0 Å². The number of nitrogens with two attached hydrogens (primary N) is 1. The first-order chi connectivity index (χ1) is 5.31. The molecule has 2 bridgehead atoms. The fourth-order valence-corrected chi connectivity index (χ4v) is 1.78. The third-order valence-corrected chi connectivity index (χ3v) is 2.41. The van der Waals surface area contributed by atoms with Crippen LogP contribution in [-0.4, -0.2) is 42.5 Å². The molecule has 3 saturated heterocycles. The van der Waals surface area contributed by atoms with Crippen molar-refractivity contribution in [1.29, 1.82) is 0 Å². The third kappa shape index (κ3) is 1.02. The zero-order valence-electron chi connectivity index (χ0n) is 6.42. The number of amides is 1. The minimum absolute atomic E-state index is 0.111. The lowest BCUT2D eigenvalue weighted by atomic mass is 9.90. The molecule has 0 saturated carbocycles. The number of carbonyl (C=O) groups is 1. The van der Waals surface area contributed by atoms with Crippen LogP contribution in [0.4, 0.5) is 0 Å². The van der Waals surface area contributed by atoms with Gasteiger partial charge in [0, 0.05) is 25.7 Å². The molecular formula is C7H13N3O. The first kappa shape index (κ1) is 7.06. The van der Waals surface area contributed by atoms with E-state index in [1.807, 2.05) is 4.90 Å². The van der Waals surface area contributed by atoms with E-state index in [-0.39, 0.29) is 11.9 Å². The van der Waals surface area contributed by atoms with Crippen molar-refractivity contribution in [2.75, 3.05) is 19.6 Å². The Morgan fingerprint density at radius 1 is 1.73 bits per heavy atom. The van der Waals surface area contributed by atoms with Gasteiger partial charge in [0.1, 0.15) is 0 Å². The van der Waals surface area contributed by atoms with E-state index in [0.29, 0.717) is 19.1 Å². The van der Waals surface area contributed by atoms with Crippen molar-refractivity contribution in [1.82, 2.24) is 10.2 Å². The topological polar surface area (TPSA) is 58.4 Å². The van der Waals surface area contributed by atoms with Crippen LogP contribution in [0.25, 0.3) is 0 Å². The Kier molecular flexibility index (Phi) is 1.58. The Morgan fingerprint density at radius 2 is 2.45 bits per heavy atom. The van der Waals surface area contributed by atoms with Crippen LogP contribution >= 0.6 is 0 Å². The number of nitrogens with zero attached hydrogens (tertiary/aromatic N) is 1. The lowest BCUT2D eigenvalue weighted by Gasteiger charge is -2.47. The molecule has 0 aromatic carbocycles. The number of rotatable bonds is 2. The van der Waals surface area contributed by atoms with Crippen LogP contribution in [0, 0.1) is 0 Å². The van der Waals surface area contributed by atoms with Crippen LogP contribution in [0.5, 0.6) is 0 Å². The van der Waals surface area contributed by atoms with Crippen LogP contribution in [0.15, 0.2) is 0 Å². The molecule has 0 spiro atoms. The highest BCUT2D eigenvalue weighted by atomic mass is 16.2. The molecule has 4 nitrogen and oxygen atoms in total. The van der Waals surface area contributed by atoms with E-state index in [1.54, 1.807) is 0 Å². The summed E-state index contributed by atoms with van der Waals surface area (Å²) >= 11 is 0. The van der Waals surface area contributed by atoms with Crippen molar-refractivity contribution in [3.8, 4) is 0 Å². The molecule has 0 aromatic rings. The van der Waals surface area contributed by atoms with E-state index in [1.165, 1.54) is 0 Å². The van der Waals surface area contributed by atoms with E-state index in [2.05, 4.69) is 5.32 Å². The van der Waals surface area contributed by atoms with E-state index < -0.39 is 0 Å². The molecule has 11 heavy (non-hydrogen) atoms. The number of carbonyl (C=O) groups excluding carboxylic acids is 1. The monoisotopic (exact) mass is 155 g/mol.